The van der Waals surface area contributed by atoms with E-state index in [4.69, 9.17) is 9.47 Å². The first-order valence-electron chi connectivity index (χ1n) is 11.2. The number of hydrogen-bond acceptors (Lipinski definition) is 9. The van der Waals surface area contributed by atoms with E-state index in [1.165, 1.54) is 25.3 Å². The van der Waals surface area contributed by atoms with Crippen LogP contribution >= 0.6 is 11.8 Å². The molecule has 0 atom stereocenters. The Morgan fingerprint density at radius 2 is 1.95 bits per heavy atom. The molecule has 0 bridgehead atoms. The number of nitro groups is 1. The smallest absolute Gasteiger partial charge is 0.294 e. The Morgan fingerprint density at radius 1 is 1.16 bits per heavy atom. The molecule has 38 heavy (non-hydrogen) atoms. The van der Waals surface area contributed by atoms with Crippen LogP contribution in [0.25, 0.3) is 6.08 Å². The fourth-order valence-corrected chi connectivity index (χ4v) is 4.36. The third-order valence-electron chi connectivity index (χ3n) is 5.69. The summed E-state index contributed by atoms with van der Waals surface area (Å²) in [7, 11) is 1.43. The number of pyridine rings is 1. The number of benzene rings is 2. The number of nitrogens with one attached hydrogen (secondary N) is 1. The minimum absolute atomic E-state index is 0.127. The van der Waals surface area contributed by atoms with Gasteiger partial charge in [0.2, 0.25) is 11.8 Å². The Hall–Kier alpha value is -4.71. The summed E-state index contributed by atoms with van der Waals surface area (Å²) >= 11 is 0.736. The predicted octanol–water partition coefficient (Wildman–Crippen LogP) is 5.08. The number of hydrogen-bond donors (Lipinski definition) is 1. The van der Waals surface area contributed by atoms with Gasteiger partial charge in [-0.2, -0.15) is 0 Å². The van der Waals surface area contributed by atoms with Crippen molar-refractivity contribution < 1.29 is 28.8 Å². The second-order valence-electron chi connectivity index (χ2n) is 8.19. The van der Waals surface area contributed by atoms with Crippen LogP contribution in [0.2, 0.25) is 0 Å². The maximum Gasteiger partial charge on any atom is 0.294 e. The molecule has 1 aliphatic rings. The van der Waals surface area contributed by atoms with Crippen LogP contribution in [0.1, 0.15) is 16.7 Å². The molecule has 4 rings (SSSR count). The predicted molar refractivity (Wildman–Crippen MR) is 141 cm³/mol. The Kier molecular flexibility index (Phi) is 7.72. The summed E-state index contributed by atoms with van der Waals surface area (Å²) in [4.78, 5) is 53.1. The van der Waals surface area contributed by atoms with E-state index < -0.39 is 28.5 Å². The van der Waals surface area contributed by atoms with E-state index in [0.29, 0.717) is 22.7 Å². The summed E-state index contributed by atoms with van der Waals surface area (Å²) < 4.78 is 11.0. The first kappa shape index (κ1) is 26.4. The molecule has 1 N–H and O–H groups in total. The number of nitrogens with zero attached hydrogens (tertiary/aromatic N) is 3. The Balaban J connectivity index is 1.46. The lowest BCUT2D eigenvalue weighted by atomic mass is 10.1. The van der Waals surface area contributed by atoms with Crippen molar-refractivity contribution in [2.24, 2.45) is 0 Å². The minimum Gasteiger partial charge on any atom is -0.493 e. The van der Waals surface area contributed by atoms with E-state index in [1.54, 1.807) is 24.3 Å². The zero-order valence-electron chi connectivity index (χ0n) is 20.6. The minimum atomic E-state index is -0.578. The molecule has 1 aliphatic heterocycles. The van der Waals surface area contributed by atoms with Crippen LogP contribution in [0.3, 0.4) is 0 Å². The average Bonchev–Trinajstić information content (AvgIpc) is 3.15. The van der Waals surface area contributed by atoms with E-state index in [2.05, 4.69) is 10.3 Å². The maximum atomic E-state index is 12.9. The quantitative estimate of drug-likeness (QED) is 0.238. The van der Waals surface area contributed by atoms with Crippen LogP contribution in [0.4, 0.5) is 16.2 Å². The third kappa shape index (κ3) is 5.81. The summed E-state index contributed by atoms with van der Waals surface area (Å²) in [5.74, 6) is -0.328. The summed E-state index contributed by atoms with van der Waals surface area (Å²) in [5, 5.41) is 13.0. The molecule has 1 saturated heterocycles. The van der Waals surface area contributed by atoms with Crippen molar-refractivity contribution in [1.29, 1.82) is 0 Å². The highest BCUT2D eigenvalue weighted by atomic mass is 32.2. The van der Waals surface area contributed by atoms with Gasteiger partial charge in [0.15, 0.2) is 11.5 Å². The Bertz CT molecular complexity index is 1470. The number of aryl methyl sites for hydroxylation is 1. The van der Waals surface area contributed by atoms with Crippen molar-refractivity contribution in [3.63, 3.8) is 0 Å². The Morgan fingerprint density at radius 3 is 2.63 bits per heavy atom. The molecular formula is C26H22N4O7S. The standard InChI is InChI=1S/C26H22N4O7S/c1-15-5-4-6-19(16(15)2)28-23(31)14-29-25(32)22(38-26(29)33)12-17-7-9-20(21(11-17)36-3)37-24-10-8-18(13-27-24)30(34)35/h4-13H,14H2,1-3H3,(H,28,31)/b22-12+. The van der Waals surface area contributed by atoms with Crippen LogP contribution in [0, 0.1) is 24.0 Å². The highest BCUT2D eigenvalue weighted by Crippen LogP contribution is 2.36. The van der Waals surface area contributed by atoms with Gasteiger partial charge in [0.1, 0.15) is 12.7 Å². The fraction of sp³-hybridized carbons (Fsp3) is 0.154. The van der Waals surface area contributed by atoms with E-state index in [9.17, 15) is 24.5 Å². The van der Waals surface area contributed by atoms with Gasteiger partial charge in [0.05, 0.1) is 16.9 Å². The second kappa shape index (κ2) is 11.1. The van der Waals surface area contributed by atoms with Gasteiger partial charge in [-0.05, 0) is 66.6 Å². The topological polar surface area (TPSA) is 141 Å². The van der Waals surface area contributed by atoms with Crippen LogP contribution in [0.15, 0.2) is 59.6 Å². The van der Waals surface area contributed by atoms with E-state index >= 15 is 0 Å². The molecule has 0 unspecified atom stereocenters. The molecule has 0 aliphatic carbocycles. The number of anilines is 1. The molecule has 0 saturated carbocycles. The second-order valence-corrected chi connectivity index (χ2v) is 9.18. The first-order valence-corrected chi connectivity index (χ1v) is 12.1. The number of thioether (sulfide) groups is 1. The number of carbonyl (C=O) groups excluding carboxylic acids is 3. The summed E-state index contributed by atoms with van der Waals surface area (Å²) in [6, 6.07) is 12.9. The average molecular weight is 535 g/mol. The number of rotatable bonds is 8. The number of aromatic nitrogens is 1. The molecule has 11 nitrogen and oxygen atoms in total. The van der Waals surface area contributed by atoms with Gasteiger partial charge < -0.3 is 14.8 Å². The van der Waals surface area contributed by atoms with Gasteiger partial charge in [0, 0.05) is 17.8 Å². The SMILES string of the molecule is COc1cc(/C=C2/SC(=O)N(CC(=O)Nc3cccc(C)c3C)C2=O)ccc1Oc1ccc([N+](=O)[O-])cn1. The summed E-state index contributed by atoms with van der Waals surface area (Å²) in [5.41, 5.74) is 2.91. The molecule has 3 aromatic rings. The fourth-order valence-electron chi connectivity index (χ4n) is 3.52. The Labute approximate surface area is 221 Å². The summed E-state index contributed by atoms with van der Waals surface area (Å²) in [6.45, 7) is 3.39. The normalized spacial score (nSPS) is 14.1. The molecule has 3 amide bonds. The number of imide groups is 1. The molecule has 0 radical (unpaired) electrons. The number of ether oxygens (including phenoxy) is 2. The van der Waals surface area contributed by atoms with Gasteiger partial charge in [-0.3, -0.25) is 29.4 Å². The number of amides is 3. The van der Waals surface area contributed by atoms with Crippen molar-refractivity contribution >= 4 is 46.3 Å². The third-order valence-corrected chi connectivity index (χ3v) is 6.59. The lowest BCUT2D eigenvalue weighted by Crippen LogP contribution is -2.36. The summed E-state index contributed by atoms with van der Waals surface area (Å²) in [6.07, 6.45) is 2.60. The molecular weight excluding hydrogens is 512 g/mol. The molecule has 1 aromatic heterocycles. The van der Waals surface area contributed by atoms with Crippen LogP contribution in [0.5, 0.6) is 17.4 Å². The largest absolute Gasteiger partial charge is 0.493 e. The lowest BCUT2D eigenvalue weighted by Gasteiger charge is -2.14. The highest BCUT2D eigenvalue weighted by molar-refractivity contribution is 8.18. The van der Waals surface area contributed by atoms with Gasteiger partial charge in [-0.25, -0.2) is 4.98 Å². The van der Waals surface area contributed by atoms with Crippen LogP contribution in [-0.4, -0.2) is 45.5 Å². The molecule has 0 spiro atoms. The molecule has 1 fully saturated rings. The highest BCUT2D eigenvalue weighted by Gasteiger charge is 2.36. The van der Waals surface area contributed by atoms with Crippen LogP contribution < -0.4 is 14.8 Å². The molecule has 12 heteroatoms. The van der Waals surface area contributed by atoms with E-state index in [0.717, 1.165) is 34.0 Å². The zero-order chi connectivity index (χ0) is 27.4. The van der Waals surface area contributed by atoms with E-state index in [-0.39, 0.29) is 16.5 Å². The zero-order valence-corrected chi connectivity index (χ0v) is 21.4. The number of methoxy groups -OCH3 is 1. The van der Waals surface area contributed by atoms with Crippen molar-refractivity contribution in [2.45, 2.75) is 13.8 Å². The van der Waals surface area contributed by atoms with Crippen molar-refractivity contribution in [3.8, 4) is 17.4 Å². The van der Waals surface area contributed by atoms with Gasteiger partial charge in [0.25, 0.3) is 16.8 Å². The van der Waals surface area contributed by atoms with Gasteiger partial charge in [-0.1, -0.05) is 18.2 Å². The first-order chi connectivity index (χ1) is 18.2. The lowest BCUT2D eigenvalue weighted by molar-refractivity contribution is -0.385. The van der Waals surface area contributed by atoms with Gasteiger partial charge in [-0.15, -0.1) is 0 Å². The van der Waals surface area contributed by atoms with Crippen LogP contribution in [-0.2, 0) is 9.59 Å². The van der Waals surface area contributed by atoms with Crippen molar-refractivity contribution in [1.82, 2.24) is 9.88 Å². The molecule has 2 heterocycles. The van der Waals surface area contributed by atoms with E-state index in [1.807, 2.05) is 26.0 Å². The molecule has 194 valence electrons. The van der Waals surface area contributed by atoms with Gasteiger partial charge >= 0.3 is 0 Å². The monoisotopic (exact) mass is 534 g/mol. The maximum absolute atomic E-state index is 12.9. The molecule has 2 aromatic carbocycles. The van der Waals surface area contributed by atoms with Crippen molar-refractivity contribution in [3.05, 3.63) is 86.4 Å². The van der Waals surface area contributed by atoms with Crippen molar-refractivity contribution in [2.75, 3.05) is 19.0 Å². The number of carbonyl (C=O) groups is 3.